The summed E-state index contributed by atoms with van der Waals surface area (Å²) in [7, 11) is 0. The second kappa shape index (κ2) is 5.71. The van der Waals surface area contributed by atoms with Crippen LogP contribution in [0.1, 0.15) is 21.5 Å². The maximum absolute atomic E-state index is 13.8. The number of anilines is 1. The van der Waals surface area contributed by atoms with Crippen LogP contribution in [0.4, 0.5) is 14.5 Å². The Balaban J connectivity index is 2.33. The lowest BCUT2D eigenvalue weighted by Crippen LogP contribution is -2.16. The lowest BCUT2D eigenvalue weighted by molar-refractivity contribution is 0.101. The first-order valence-corrected chi connectivity index (χ1v) is 6.71. The van der Waals surface area contributed by atoms with Crippen molar-refractivity contribution in [2.75, 3.05) is 5.32 Å². The summed E-state index contributed by atoms with van der Waals surface area (Å²) in [5, 5.41) is 2.49. The van der Waals surface area contributed by atoms with E-state index in [1.165, 1.54) is 13.0 Å². The predicted octanol–water partition coefficient (Wildman–Crippen LogP) is 4.60. The van der Waals surface area contributed by atoms with Crippen LogP contribution in [0, 0.1) is 25.5 Å². The molecule has 0 radical (unpaired) electrons. The monoisotopic (exact) mass is 339 g/mol. The summed E-state index contributed by atoms with van der Waals surface area (Å²) in [6.07, 6.45) is 0. The highest BCUT2D eigenvalue weighted by Gasteiger charge is 2.19. The lowest BCUT2D eigenvalue weighted by atomic mass is 10.1. The van der Waals surface area contributed by atoms with E-state index < -0.39 is 23.1 Å². The number of benzene rings is 2. The van der Waals surface area contributed by atoms with Crippen LogP contribution in [0.15, 0.2) is 34.8 Å². The molecule has 0 aliphatic heterocycles. The summed E-state index contributed by atoms with van der Waals surface area (Å²) in [5.74, 6) is -2.52. The van der Waals surface area contributed by atoms with Gasteiger partial charge in [-0.1, -0.05) is 28.1 Å². The van der Waals surface area contributed by atoms with Crippen molar-refractivity contribution in [2.24, 2.45) is 0 Å². The minimum absolute atomic E-state index is 0.224. The third kappa shape index (κ3) is 2.88. The third-order valence-corrected chi connectivity index (χ3v) is 3.80. The largest absolute Gasteiger partial charge is 0.322 e. The number of amides is 1. The van der Waals surface area contributed by atoms with Crippen molar-refractivity contribution in [3.05, 3.63) is 63.1 Å². The van der Waals surface area contributed by atoms with Crippen LogP contribution in [0.25, 0.3) is 0 Å². The van der Waals surface area contributed by atoms with Crippen molar-refractivity contribution in [3.8, 4) is 0 Å². The molecule has 104 valence electrons. The molecule has 0 aliphatic carbocycles. The molecular weight excluding hydrogens is 328 g/mol. The molecule has 2 aromatic rings. The van der Waals surface area contributed by atoms with Crippen molar-refractivity contribution in [3.63, 3.8) is 0 Å². The first-order valence-electron chi connectivity index (χ1n) is 5.92. The summed E-state index contributed by atoms with van der Waals surface area (Å²) in [6.45, 7) is 3.38. The number of hydrogen-bond acceptors (Lipinski definition) is 1. The summed E-state index contributed by atoms with van der Waals surface area (Å²) in [5.41, 5.74) is 1.12. The number of nitrogens with one attached hydrogen (secondary N) is 1. The maximum atomic E-state index is 13.8. The SMILES string of the molecule is Cc1ccc(NC(=O)c2c(F)ccc(C)c2F)cc1Br. The zero-order valence-corrected chi connectivity index (χ0v) is 12.5. The fourth-order valence-electron chi connectivity index (χ4n) is 1.73. The van der Waals surface area contributed by atoms with Gasteiger partial charge in [-0.3, -0.25) is 4.79 Å². The van der Waals surface area contributed by atoms with E-state index in [2.05, 4.69) is 21.2 Å². The van der Waals surface area contributed by atoms with E-state index in [9.17, 15) is 13.6 Å². The van der Waals surface area contributed by atoms with Crippen LogP contribution in [-0.4, -0.2) is 5.91 Å². The average molecular weight is 340 g/mol. The zero-order chi connectivity index (χ0) is 14.9. The van der Waals surface area contributed by atoms with Crippen molar-refractivity contribution >= 4 is 27.5 Å². The van der Waals surface area contributed by atoms with E-state index in [0.717, 1.165) is 16.1 Å². The molecule has 5 heteroatoms. The molecule has 2 nitrogen and oxygen atoms in total. The molecule has 2 rings (SSSR count). The maximum Gasteiger partial charge on any atom is 0.261 e. The Morgan fingerprint density at radius 2 is 1.75 bits per heavy atom. The highest BCUT2D eigenvalue weighted by atomic mass is 79.9. The molecule has 0 spiro atoms. The van der Waals surface area contributed by atoms with Gasteiger partial charge >= 0.3 is 0 Å². The molecule has 2 aromatic carbocycles. The highest BCUT2D eigenvalue weighted by molar-refractivity contribution is 9.10. The van der Waals surface area contributed by atoms with E-state index in [0.29, 0.717) is 5.69 Å². The molecule has 0 bridgehead atoms. The van der Waals surface area contributed by atoms with Gasteiger partial charge in [0.05, 0.1) is 0 Å². The number of hydrogen-bond donors (Lipinski definition) is 1. The Kier molecular flexibility index (Phi) is 4.18. The number of aryl methyl sites for hydroxylation is 2. The van der Waals surface area contributed by atoms with Gasteiger partial charge in [-0.2, -0.15) is 0 Å². The first kappa shape index (κ1) is 14.7. The van der Waals surface area contributed by atoms with Crippen molar-refractivity contribution in [1.29, 1.82) is 0 Å². The number of carbonyl (C=O) groups excluding carboxylic acids is 1. The second-order valence-electron chi connectivity index (χ2n) is 4.47. The minimum atomic E-state index is -0.878. The number of rotatable bonds is 2. The van der Waals surface area contributed by atoms with Crippen LogP contribution in [0.5, 0.6) is 0 Å². The van der Waals surface area contributed by atoms with E-state index in [-0.39, 0.29) is 5.56 Å². The molecule has 20 heavy (non-hydrogen) atoms. The first-order chi connectivity index (χ1) is 9.40. The van der Waals surface area contributed by atoms with Gasteiger partial charge in [-0.15, -0.1) is 0 Å². The predicted molar refractivity (Wildman–Crippen MR) is 77.9 cm³/mol. The van der Waals surface area contributed by atoms with Gasteiger partial charge in [-0.05, 0) is 43.2 Å². The fourth-order valence-corrected chi connectivity index (χ4v) is 2.11. The van der Waals surface area contributed by atoms with Crippen LogP contribution in [-0.2, 0) is 0 Å². The van der Waals surface area contributed by atoms with Crippen molar-refractivity contribution < 1.29 is 13.6 Å². The molecule has 0 aliphatic rings. The Hall–Kier alpha value is -1.75. The van der Waals surface area contributed by atoms with E-state index in [1.807, 2.05) is 6.92 Å². The van der Waals surface area contributed by atoms with Gasteiger partial charge in [0.25, 0.3) is 5.91 Å². The molecule has 0 atom stereocenters. The zero-order valence-electron chi connectivity index (χ0n) is 10.9. The molecule has 0 fully saturated rings. The van der Waals surface area contributed by atoms with Crippen molar-refractivity contribution in [1.82, 2.24) is 0 Å². The number of carbonyl (C=O) groups is 1. The van der Waals surface area contributed by atoms with Crippen molar-refractivity contribution in [2.45, 2.75) is 13.8 Å². The Bertz CT molecular complexity index is 686. The van der Waals surface area contributed by atoms with E-state index >= 15 is 0 Å². The average Bonchev–Trinajstić information content (AvgIpc) is 2.39. The Labute approximate surface area is 123 Å². The van der Waals surface area contributed by atoms with E-state index in [4.69, 9.17) is 0 Å². The number of halogens is 3. The Morgan fingerprint density at radius 1 is 1.10 bits per heavy atom. The third-order valence-electron chi connectivity index (χ3n) is 2.94. The van der Waals surface area contributed by atoms with Crippen LogP contribution >= 0.6 is 15.9 Å². The lowest BCUT2D eigenvalue weighted by Gasteiger charge is -2.09. The van der Waals surface area contributed by atoms with Gasteiger partial charge in [-0.25, -0.2) is 8.78 Å². The van der Waals surface area contributed by atoms with Gasteiger partial charge < -0.3 is 5.32 Å². The molecular formula is C15H12BrF2NO. The summed E-state index contributed by atoms with van der Waals surface area (Å²) >= 11 is 3.33. The fraction of sp³-hybridized carbons (Fsp3) is 0.133. The second-order valence-corrected chi connectivity index (χ2v) is 5.33. The molecule has 0 heterocycles. The molecule has 1 N–H and O–H groups in total. The van der Waals surface area contributed by atoms with Gasteiger partial charge in [0.15, 0.2) is 0 Å². The topological polar surface area (TPSA) is 29.1 Å². The van der Waals surface area contributed by atoms with Gasteiger partial charge in [0.1, 0.15) is 17.2 Å². The summed E-state index contributed by atoms with van der Waals surface area (Å²) in [4.78, 5) is 12.0. The van der Waals surface area contributed by atoms with Gasteiger partial charge in [0.2, 0.25) is 0 Å². The smallest absolute Gasteiger partial charge is 0.261 e. The quantitative estimate of drug-likeness (QED) is 0.851. The van der Waals surface area contributed by atoms with Crippen LogP contribution in [0.2, 0.25) is 0 Å². The normalized spacial score (nSPS) is 10.4. The molecule has 0 saturated heterocycles. The summed E-state index contributed by atoms with van der Waals surface area (Å²) in [6, 6.07) is 7.52. The highest BCUT2D eigenvalue weighted by Crippen LogP contribution is 2.22. The Morgan fingerprint density at radius 3 is 2.40 bits per heavy atom. The molecule has 0 aromatic heterocycles. The molecule has 0 saturated carbocycles. The van der Waals surface area contributed by atoms with Crippen LogP contribution < -0.4 is 5.32 Å². The summed E-state index contributed by atoms with van der Waals surface area (Å²) < 4.78 is 28.3. The minimum Gasteiger partial charge on any atom is -0.322 e. The molecule has 1 amide bonds. The van der Waals surface area contributed by atoms with E-state index in [1.54, 1.807) is 18.2 Å². The van der Waals surface area contributed by atoms with Crippen LogP contribution in [0.3, 0.4) is 0 Å². The van der Waals surface area contributed by atoms with Gasteiger partial charge in [0, 0.05) is 10.2 Å². The molecule has 0 unspecified atom stereocenters. The standard InChI is InChI=1S/C15H12BrF2NO/c1-8-3-5-10(7-11(8)16)19-15(20)13-12(17)6-4-9(2)14(13)18/h3-7H,1-2H3,(H,19,20).